The molecule has 0 aromatic carbocycles. The fourth-order valence-electron chi connectivity index (χ4n) is 5.45. The fraction of sp³-hybridized carbons (Fsp3) is 0.467. The summed E-state index contributed by atoms with van der Waals surface area (Å²) < 4.78 is 37.0. The van der Waals surface area contributed by atoms with E-state index >= 15 is 0 Å². The smallest absolute Gasteiger partial charge is 0.282 e. The molecule has 0 radical (unpaired) electrons. The maximum Gasteiger partial charge on any atom is 0.282 e. The van der Waals surface area contributed by atoms with Gasteiger partial charge in [-0.2, -0.15) is 0 Å². The standard InChI is InChI=1S/C30H33F2N9O4S2/c1-44-10-11-45-22-9-8-20(33-15-22)13-24(42)35-28-39-37-26(46-28)18-4-2-5-19(12-18)27-38-40-29(47-27)36-25(43)14-21-6-3-7-23(34-21)41-16-30(31,32)17-41/h3,6-9,15,18-19H,2,4-5,10-14,16-17H2,1H3,(H,35,39,42)(H,36,40,43). The highest BCUT2D eigenvalue weighted by Gasteiger charge is 2.44. The first-order valence-electron chi connectivity index (χ1n) is 15.1. The molecule has 2 aliphatic rings. The molecule has 13 nitrogen and oxygen atoms in total. The number of alkyl halides is 2. The SMILES string of the molecule is COCCOc1ccc(CC(=O)Nc2nnc(C3CCCC(c4nnc(NC(=O)Cc5cccc(N6CC(F)(F)C6)n5)s4)C3)s2)nc1. The largest absolute Gasteiger partial charge is 0.490 e. The van der Waals surface area contributed by atoms with Crippen molar-refractivity contribution in [3.63, 3.8) is 0 Å². The molecule has 1 aliphatic carbocycles. The van der Waals surface area contributed by atoms with Crippen molar-refractivity contribution in [1.82, 2.24) is 30.4 Å². The van der Waals surface area contributed by atoms with Crippen LogP contribution in [-0.2, 0) is 27.2 Å². The molecule has 1 saturated heterocycles. The van der Waals surface area contributed by atoms with E-state index in [1.54, 1.807) is 43.6 Å². The van der Waals surface area contributed by atoms with E-state index in [-0.39, 0.29) is 49.6 Å². The van der Waals surface area contributed by atoms with Gasteiger partial charge in [-0.25, -0.2) is 13.8 Å². The molecule has 2 N–H and O–H groups in total. The lowest BCUT2D eigenvalue weighted by Gasteiger charge is -2.39. The van der Waals surface area contributed by atoms with Gasteiger partial charge in [-0.05, 0) is 43.5 Å². The van der Waals surface area contributed by atoms with Crippen LogP contribution in [0, 0.1) is 0 Å². The average molecular weight is 686 g/mol. The maximum atomic E-state index is 13.2. The lowest BCUT2D eigenvalue weighted by Crippen LogP contribution is -2.56. The number of amides is 2. The Labute approximate surface area is 277 Å². The molecule has 6 rings (SSSR count). The highest BCUT2D eigenvalue weighted by Crippen LogP contribution is 2.43. The highest BCUT2D eigenvalue weighted by atomic mass is 32.1. The quantitative estimate of drug-likeness (QED) is 0.192. The molecule has 248 valence electrons. The van der Waals surface area contributed by atoms with Gasteiger partial charge < -0.3 is 25.0 Å². The Balaban J connectivity index is 0.976. The van der Waals surface area contributed by atoms with Crippen LogP contribution in [0.5, 0.6) is 5.75 Å². The highest BCUT2D eigenvalue weighted by molar-refractivity contribution is 7.15. The lowest BCUT2D eigenvalue weighted by atomic mass is 9.82. The van der Waals surface area contributed by atoms with E-state index in [9.17, 15) is 18.4 Å². The van der Waals surface area contributed by atoms with E-state index < -0.39 is 5.92 Å². The van der Waals surface area contributed by atoms with Crippen LogP contribution in [0.25, 0.3) is 0 Å². The summed E-state index contributed by atoms with van der Waals surface area (Å²) in [5, 5.41) is 25.3. The van der Waals surface area contributed by atoms with Crippen LogP contribution >= 0.6 is 22.7 Å². The van der Waals surface area contributed by atoms with E-state index in [1.165, 1.54) is 27.6 Å². The van der Waals surface area contributed by atoms with E-state index in [4.69, 9.17) is 9.47 Å². The third kappa shape index (κ3) is 8.78. The minimum atomic E-state index is -2.70. The summed E-state index contributed by atoms with van der Waals surface area (Å²) in [5.74, 6) is -1.89. The van der Waals surface area contributed by atoms with Gasteiger partial charge in [0.15, 0.2) is 0 Å². The molecule has 0 spiro atoms. The summed E-state index contributed by atoms with van der Waals surface area (Å²) in [6, 6.07) is 8.57. The number of methoxy groups -OCH3 is 1. The third-order valence-corrected chi connectivity index (χ3v) is 9.75. The van der Waals surface area contributed by atoms with Crippen molar-refractivity contribution in [3.05, 3.63) is 57.9 Å². The van der Waals surface area contributed by atoms with E-state index in [0.29, 0.717) is 46.4 Å². The van der Waals surface area contributed by atoms with Gasteiger partial charge in [0.2, 0.25) is 22.1 Å². The van der Waals surface area contributed by atoms with Crippen LogP contribution in [0.3, 0.4) is 0 Å². The number of carbonyl (C=O) groups excluding carboxylic acids is 2. The van der Waals surface area contributed by atoms with Crippen molar-refractivity contribution >= 4 is 50.6 Å². The minimum absolute atomic E-state index is 0.0124. The molecule has 4 aromatic rings. The van der Waals surface area contributed by atoms with Crippen LogP contribution in [0.4, 0.5) is 24.9 Å². The van der Waals surface area contributed by atoms with Gasteiger partial charge in [0, 0.05) is 24.6 Å². The number of rotatable bonds is 13. The number of hydrogen-bond donors (Lipinski definition) is 2. The zero-order chi connectivity index (χ0) is 32.8. The monoisotopic (exact) mass is 685 g/mol. The second-order valence-electron chi connectivity index (χ2n) is 11.4. The van der Waals surface area contributed by atoms with Gasteiger partial charge in [-0.3, -0.25) is 14.6 Å². The summed E-state index contributed by atoms with van der Waals surface area (Å²) in [7, 11) is 1.60. The third-order valence-electron chi connectivity index (χ3n) is 7.74. The fourth-order valence-corrected chi connectivity index (χ4v) is 7.27. The molecule has 4 aromatic heterocycles. The second kappa shape index (κ2) is 14.7. The minimum Gasteiger partial charge on any atom is -0.490 e. The lowest BCUT2D eigenvalue weighted by molar-refractivity contribution is -0.116. The normalized spacial score (nSPS) is 18.7. The van der Waals surface area contributed by atoms with Crippen molar-refractivity contribution in [2.24, 2.45) is 0 Å². The molecule has 47 heavy (non-hydrogen) atoms. The number of anilines is 3. The first-order chi connectivity index (χ1) is 22.7. The van der Waals surface area contributed by atoms with Crippen molar-refractivity contribution in [3.8, 4) is 5.75 Å². The molecule has 2 amide bonds. The Morgan fingerprint density at radius 2 is 1.57 bits per heavy atom. The number of nitrogens with zero attached hydrogens (tertiary/aromatic N) is 7. The summed E-state index contributed by atoms with van der Waals surface area (Å²) in [4.78, 5) is 35.5. The van der Waals surface area contributed by atoms with Gasteiger partial charge in [-0.15, -0.1) is 20.4 Å². The number of pyridine rings is 2. The van der Waals surface area contributed by atoms with Crippen molar-refractivity contribution in [1.29, 1.82) is 0 Å². The number of carbonyl (C=O) groups is 2. The summed E-state index contributed by atoms with van der Waals surface area (Å²) in [6.45, 7) is 0.153. The van der Waals surface area contributed by atoms with E-state index in [0.717, 1.165) is 35.7 Å². The molecule has 2 fully saturated rings. The molecular formula is C30H33F2N9O4S2. The molecule has 0 bridgehead atoms. The Kier molecular flexibility index (Phi) is 10.2. The zero-order valence-electron chi connectivity index (χ0n) is 25.5. The van der Waals surface area contributed by atoms with Crippen LogP contribution < -0.4 is 20.3 Å². The molecule has 1 aliphatic heterocycles. The van der Waals surface area contributed by atoms with Crippen molar-refractivity contribution in [2.45, 2.75) is 56.3 Å². The molecule has 2 atom stereocenters. The number of halogens is 2. The summed E-state index contributed by atoms with van der Waals surface area (Å²) >= 11 is 2.71. The predicted octanol–water partition coefficient (Wildman–Crippen LogP) is 4.46. The first-order valence-corrected chi connectivity index (χ1v) is 16.8. The zero-order valence-corrected chi connectivity index (χ0v) is 27.2. The number of aromatic nitrogens is 6. The Morgan fingerprint density at radius 1 is 0.915 bits per heavy atom. The van der Waals surface area contributed by atoms with Crippen molar-refractivity contribution < 1.29 is 27.8 Å². The molecule has 5 heterocycles. The average Bonchev–Trinajstić information content (AvgIpc) is 3.71. The van der Waals surface area contributed by atoms with E-state index in [1.807, 2.05) is 0 Å². The van der Waals surface area contributed by atoms with Crippen molar-refractivity contribution in [2.75, 3.05) is 48.9 Å². The molecule has 1 saturated carbocycles. The van der Waals surface area contributed by atoms with Crippen LogP contribution in [-0.4, -0.2) is 81.5 Å². The number of ether oxygens (including phenoxy) is 2. The van der Waals surface area contributed by atoms with Crippen LogP contribution in [0.15, 0.2) is 36.5 Å². The summed E-state index contributed by atoms with van der Waals surface area (Å²) in [5.41, 5.74) is 1.09. The molecule has 17 heteroatoms. The first kappa shape index (κ1) is 32.7. The van der Waals surface area contributed by atoms with Gasteiger partial charge in [0.1, 0.15) is 28.2 Å². The van der Waals surface area contributed by atoms with E-state index in [2.05, 4.69) is 41.0 Å². The molecular weight excluding hydrogens is 653 g/mol. The number of hydrogen-bond acceptors (Lipinski definition) is 13. The number of nitrogens with one attached hydrogen (secondary N) is 2. The maximum absolute atomic E-state index is 13.2. The predicted molar refractivity (Wildman–Crippen MR) is 171 cm³/mol. The molecule has 2 unspecified atom stereocenters. The second-order valence-corrected chi connectivity index (χ2v) is 13.4. The van der Waals surface area contributed by atoms with Gasteiger partial charge in [0.05, 0.1) is 44.4 Å². The topological polar surface area (TPSA) is 157 Å². The Bertz CT molecular complexity index is 1680. The van der Waals surface area contributed by atoms with Crippen LogP contribution in [0.1, 0.15) is 58.9 Å². The Morgan fingerprint density at radius 3 is 2.17 bits per heavy atom. The Hall–Kier alpha value is -4.22. The van der Waals surface area contributed by atoms with Crippen LogP contribution in [0.2, 0.25) is 0 Å². The van der Waals surface area contributed by atoms with Gasteiger partial charge in [-0.1, -0.05) is 35.2 Å². The summed E-state index contributed by atoms with van der Waals surface area (Å²) in [6.07, 6.45) is 5.33. The van der Waals surface area contributed by atoms with Gasteiger partial charge in [0.25, 0.3) is 5.92 Å². The van der Waals surface area contributed by atoms with Gasteiger partial charge >= 0.3 is 0 Å².